The number of carboxylic acid groups (broad SMARTS) is 1. The molecule has 2 aromatic carbocycles. The van der Waals surface area contributed by atoms with Crippen LogP contribution < -0.4 is 0 Å². The number of alkyl halides is 2. The SMILES string of the molecule is O=C(O)N1CC(F)(F)CC1Cc1cccc(-c2ccccc2)c1F. The predicted octanol–water partition coefficient (Wildman–Crippen LogP) is 4.42. The van der Waals surface area contributed by atoms with Crippen molar-refractivity contribution >= 4 is 6.09 Å². The second kappa shape index (κ2) is 6.19. The van der Waals surface area contributed by atoms with Gasteiger partial charge in [-0.1, -0.05) is 48.5 Å². The molecule has 0 bridgehead atoms. The van der Waals surface area contributed by atoms with Gasteiger partial charge in [-0.05, 0) is 17.5 Å². The Morgan fingerprint density at radius 3 is 2.54 bits per heavy atom. The first kappa shape index (κ1) is 16.4. The Kier molecular flexibility index (Phi) is 4.22. The lowest BCUT2D eigenvalue weighted by atomic mass is 9.97. The summed E-state index contributed by atoms with van der Waals surface area (Å²) in [4.78, 5) is 11.9. The lowest BCUT2D eigenvalue weighted by Gasteiger charge is -2.21. The zero-order valence-electron chi connectivity index (χ0n) is 12.8. The Hall–Kier alpha value is -2.50. The summed E-state index contributed by atoms with van der Waals surface area (Å²) in [6.45, 7) is -0.840. The van der Waals surface area contributed by atoms with Gasteiger partial charge < -0.3 is 5.11 Å². The van der Waals surface area contributed by atoms with Crippen molar-refractivity contribution in [1.29, 1.82) is 0 Å². The fourth-order valence-electron chi connectivity index (χ4n) is 3.14. The Labute approximate surface area is 137 Å². The molecule has 1 heterocycles. The summed E-state index contributed by atoms with van der Waals surface area (Å²) in [6.07, 6.45) is -2.07. The Balaban J connectivity index is 1.90. The summed E-state index contributed by atoms with van der Waals surface area (Å²) >= 11 is 0. The molecule has 126 valence electrons. The highest BCUT2D eigenvalue weighted by atomic mass is 19.3. The minimum Gasteiger partial charge on any atom is -0.465 e. The van der Waals surface area contributed by atoms with E-state index in [0.29, 0.717) is 16.0 Å². The Bertz CT molecular complexity index is 749. The van der Waals surface area contributed by atoms with Crippen LogP contribution in [0.5, 0.6) is 0 Å². The molecular weight excluding hydrogens is 319 g/mol. The molecule has 0 aromatic heterocycles. The van der Waals surface area contributed by atoms with Gasteiger partial charge in [0.05, 0.1) is 6.54 Å². The molecular formula is C18H16F3NO2. The first-order chi connectivity index (χ1) is 11.4. The predicted molar refractivity (Wildman–Crippen MR) is 83.6 cm³/mol. The molecule has 3 nitrogen and oxygen atoms in total. The third kappa shape index (κ3) is 3.22. The zero-order chi connectivity index (χ0) is 17.3. The summed E-state index contributed by atoms with van der Waals surface area (Å²) in [5.74, 6) is -3.57. The van der Waals surface area contributed by atoms with E-state index >= 15 is 0 Å². The van der Waals surface area contributed by atoms with E-state index in [9.17, 15) is 18.0 Å². The monoisotopic (exact) mass is 335 g/mol. The van der Waals surface area contributed by atoms with E-state index in [2.05, 4.69) is 0 Å². The molecule has 1 N–H and O–H groups in total. The smallest absolute Gasteiger partial charge is 0.407 e. The molecule has 2 aromatic rings. The van der Waals surface area contributed by atoms with Gasteiger partial charge in [0.1, 0.15) is 5.82 Å². The maximum absolute atomic E-state index is 14.8. The number of halogens is 3. The minimum atomic E-state index is -3.07. The van der Waals surface area contributed by atoms with Crippen molar-refractivity contribution in [3.63, 3.8) is 0 Å². The molecule has 1 aliphatic rings. The van der Waals surface area contributed by atoms with Crippen molar-refractivity contribution in [3.8, 4) is 11.1 Å². The van der Waals surface area contributed by atoms with E-state index in [4.69, 9.17) is 5.11 Å². The topological polar surface area (TPSA) is 40.5 Å². The van der Waals surface area contributed by atoms with Gasteiger partial charge in [-0.3, -0.25) is 4.90 Å². The van der Waals surface area contributed by atoms with Gasteiger partial charge in [0.15, 0.2) is 0 Å². The van der Waals surface area contributed by atoms with Gasteiger partial charge in [-0.15, -0.1) is 0 Å². The molecule has 1 amide bonds. The molecule has 1 aliphatic heterocycles. The molecule has 1 saturated heterocycles. The Morgan fingerprint density at radius 1 is 1.17 bits per heavy atom. The van der Waals surface area contributed by atoms with Gasteiger partial charge >= 0.3 is 6.09 Å². The second-order valence-corrected chi connectivity index (χ2v) is 5.97. The van der Waals surface area contributed by atoms with Crippen molar-refractivity contribution in [3.05, 3.63) is 59.9 Å². The number of benzene rings is 2. The molecule has 1 fully saturated rings. The second-order valence-electron chi connectivity index (χ2n) is 5.97. The normalized spacial score (nSPS) is 19.5. The van der Waals surface area contributed by atoms with Crippen molar-refractivity contribution < 1.29 is 23.1 Å². The molecule has 6 heteroatoms. The highest BCUT2D eigenvalue weighted by Crippen LogP contribution is 2.35. The van der Waals surface area contributed by atoms with Gasteiger partial charge in [0.2, 0.25) is 0 Å². The summed E-state index contributed by atoms with van der Waals surface area (Å²) in [7, 11) is 0. The van der Waals surface area contributed by atoms with E-state index < -0.39 is 36.8 Å². The van der Waals surface area contributed by atoms with Gasteiger partial charge in [-0.25, -0.2) is 18.0 Å². The molecule has 0 spiro atoms. The first-order valence-corrected chi connectivity index (χ1v) is 7.57. The number of hydrogen-bond donors (Lipinski definition) is 1. The number of hydrogen-bond acceptors (Lipinski definition) is 1. The van der Waals surface area contributed by atoms with Crippen molar-refractivity contribution in [2.75, 3.05) is 6.54 Å². The fraction of sp³-hybridized carbons (Fsp3) is 0.278. The summed E-state index contributed by atoms with van der Waals surface area (Å²) < 4.78 is 41.9. The fourth-order valence-corrected chi connectivity index (χ4v) is 3.14. The summed E-state index contributed by atoms with van der Waals surface area (Å²) in [6, 6.07) is 12.7. The number of amides is 1. The molecule has 3 rings (SSSR count). The molecule has 0 aliphatic carbocycles. The summed E-state index contributed by atoms with van der Waals surface area (Å²) in [5.41, 5.74) is 1.30. The van der Waals surface area contributed by atoms with Crippen LogP contribution in [0, 0.1) is 5.82 Å². The number of carbonyl (C=O) groups is 1. The van der Waals surface area contributed by atoms with Gasteiger partial charge in [0.25, 0.3) is 5.92 Å². The number of nitrogens with zero attached hydrogens (tertiary/aromatic N) is 1. The lowest BCUT2D eigenvalue weighted by Crippen LogP contribution is -2.36. The molecule has 1 unspecified atom stereocenters. The van der Waals surface area contributed by atoms with Crippen LogP contribution in [0.15, 0.2) is 48.5 Å². The van der Waals surface area contributed by atoms with E-state index in [1.165, 1.54) is 6.07 Å². The third-order valence-electron chi connectivity index (χ3n) is 4.24. The molecule has 0 saturated carbocycles. The highest BCUT2D eigenvalue weighted by molar-refractivity contribution is 5.67. The average Bonchev–Trinajstić information content (AvgIpc) is 2.85. The maximum Gasteiger partial charge on any atom is 0.407 e. The van der Waals surface area contributed by atoms with Gasteiger partial charge in [-0.2, -0.15) is 0 Å². The van der Waals surface area contributed by atoms with Crippen molar-refractivity contribution in [2.45, 2.75) is 24.8 Å². The van der Waals surface area contributed by atoms with Crippen LogP contribution in [0.1, 0.15) is 12.0 Å². The van der Waals surface area contributed by atoms with Gasteiger partial charge in [0, 0.05) is 18.0 Å². The molecule has 0 radical (unpaired) electrons. The number of rotatable bonds is 3. The third-order valence-corrected chi connectivity index (χ3v) is 4.24. The lowest BCUT2D eigenvalue weighted by molar-refractivity contribution is 0.0126. The number of likely N-dealkylation sites (tertiary alicyclic amines) is 1. The van der Waals surface area contributed by atoms with Crippen LogP contribution in [0.2, 0.25) is 0 Å². The molecule has 24 heavy (non-hydrogen) atoms. The Morgan fingerprint density at radius 2 is 1.88 bits per heavy atom. The van der Waals surface area contributed by atoms with Crippen molar-refractivity contribution in [2.24, 2.45) is 0 Å². The largest absolute Gasteiger partial charge is 0.465 e. The van der Waals surface area contributed by atoms with Crippen LogP contribution >= 0.6 is 0 Å². The maximum atomic E-state index is 14.8. The van der Waals surface area contributed by atoms with E-state index in [1.807, 2.05) is 6.07 Å². The van der Waals surface area contributed by atoms with E-state index in [-0.39, 0.29) is 12.0 Å². The van der Waals surface area contributed by atoms with Crippen LogP contribution in [0.25, 0.3) is 11.1 Å². The zero-order valence-corrected chi connectivity index (χ0v) is 12.8. The standard InChI is InChI=1S/C18H16F3NO2/c19-16-13(7-4-8-15(16)12-5-2-1-3-6-12)9-14-10-18(20,21)11-22(14)17(23)24/h1-8,14H,9-11H2,(H,23,24). The van der Waals surface area contributed by atoms with E-state index in [0.717, 1.165) is 0 Å². The van der Waals surface area contributed by atoms with E-state index in [1.54, 1.807) is 36.4 Å². The van der Waals surface area contributed by atoms with Crippen LogP contribution in [-0.2, 0) is 6.42 Å². The minimum absolute atomic E-state index is 0.0750. The quantitative estimate of drug-likeness (QED) is 0.902. The summed E-state index contributed by atoms with van der Waals surface area (Å²) in [5, 5.41) is 9.09. The van der Waals surface area contributed by atoms with Crippen LogP contribution in [0.3, 0.4) is 0 Å². The first-order valence-electron chi connectivity index (χ1n) is 7.57. The average molecular weight is 335 g/mol. The van der Waals surface area contributed by atoms with Crippen LogP contribution in [0.4, 0.5) is 18.0 Å². The highest BCUT2D eigenvalue weighted by Gasteiger charge is 2.47. The van der Waals surface area contributed by atoms with Crippen LogP contribution in [-0.4, -0.2) is 34.6 Å². The molecule has 1 atom stereocenters. The van der Waals surface area contributed by atoms with Crippen molar-refractivity contribution in [1.82, 2.24) is 4.90 Å².